The van der Waals surface area contributed by atoms with Gasteiger partial charge in [0.05, 0.1) is 9.85 Å². The standard InChI is InChI=1S/C24H34N6O4/c31-29(32)23-7-3-21(4-8-23)19-25-11-1-13-27-15-17-28(18-16-27)14-2-12-26-20-22-5-9-24(10-6-22)30(33)34/h3-10,25-26H,1-2,11-20H2. The van der Waals surface area contributed by atoms with Crippen molar-refractivity contribution in [2.75, 3.05) is 52.4 Å². The first kappa shape index (κ1) is 25.7. The number of non-ortho nitro benzene ring substituents is 2. The maximum atomic E-state index is 10.7. The van der Waals surface area contributed by atoms with Gasteiger partial charge < -0.3 is 20.4 Å². The number of hydrogen-bond donors (Lipinski definition) is 2. The summed E-state index contributed by atoms with van der Waals surface area (Å²) in [6, 6.07) is 13.4. The number of hydrogen-bond acceptors (Lipinski definition) is 8. The highest BCUT2D eigenvalue weighted by atomic mass is 16.6. The summed E-state index contributed by atoms with van der Waals surface area (Å²) in [5.74, 6) is 0. The maximum absolute atomic E-state index is 10.7. The van der Waals surface area contributed by atoms with Crippen LogP contribution in [0.5, 0.6) is 0 Å². The second-order valence-electron chi connectivity index (χ2n) is 8.59. The minimum Gasteiger partial charge on any atom is -0.313 e. The van der Waals surface area contributed by atoms with E-state index in [4.69, 9.17) is 0 Å². The van der Waals surface area contributed by atoms with Gasteiger partial charge in [-0.3, -0.25) is 20.2 Å². The highest BCUT2D eigenvalue weighted by Gasteiger charge is 2.15. The molecule has 0 aliphatic carbocycles. The lowest BCUT2D eigenvalue weighted by atomic mass is 10.2. The maximum Gasteiger partial charge on any atom is 0.269 e. The van der Waals surface area contributed by atoms with Crippen LogP contribution in [-0.4, -0.2) is 72.0 Å². The second kappa shape index (κ2) is 13.7. The minimum absolute atomic E-state index is 0.126. The lowest BCUT2D eigenvalue weighted by molar-refractivity contribution is -0.385. The molecule has 0 radical (unpaired) electrons. The molecule has 1 saturated heterocycles. The molecule has 0 saturated carbocycles. The van der Waals surface area contributed by atoms with Gasteiger partial charge in [0.15, 0.2) is 0 Å². The normalized spacial score (nSPS) is 14.8. The van der Waals surface area contributed by atoms with Crippen LogP contribution in [0.25, 0.3) is 0 Å². The molecule has 0 bridgehead atoms. The van der Waals surface area contributed by atoms with E-state index in [1.165, 1.54) is 0 Å². The summed E-state index contributed by atoms with van der Waals surface area (Å²) in [6.45, 7) is 9.85. The molecule has 10 nitrogen and oxygen atoms in total. The molecule has 1 heterocycles. The zero-order chi connectivity index (χ0) is 24.2. The fourth-order valence-electron chi connectivity index (χ4n) is 4.03. The average Bonchev–Trinajstić information content (AvgIpc) is 2.85. The van der Waals surface area contributed by atoms with Crippen LogP contribution in [0.1, 0.15) is 24.0 Å². The molecule has 2 aromatic rings. The zero-order valence-electron chi connectivity index (χ0n) is 19.5. The number of benzene rings is 2. The number of nitro benzene ring substituents is 2. The molecule has 3 rings (SSSR count). The molecule has 0 spiro atoms. The molecule has 2 aromatic carbocycles. The van der Waals surface area contributed by atoms with Crippen LogP contribution in [-0.2, 0) is 13.1 Å². The van der Waals surface area contributed by atoms with Crippen LogP contribution in [0.15, 0.2) is 48.5 Å². The van der Waals surface area contributed by atoms with Crippen LogP contribution in [0.2, 0.25) is 0 Å². The summed E-state index contributed by atoms with van der Waals surface area (Å²) in [5, 5.41) is 28.2. The Labute approximate surface area is 200 Å². The number of nitrogens with one attached hydrogen (secondary N) is 2. The topological polar surface area (TPSA) is 117 Å². The van der Waals surface area contributed by atoms with E-state index < -0.39 is 0 Å². The predicted octanol–water partition coefficient (Wildman–Crippen LogP) is 2.78. The van der Waals surface area contributed by atoms with Gasteiger partial charge in [-0.1, -0.05) is 24.3 Å². The summed E-state index contributed by atoms with van der Waals surface area (Å²) in [4.78, 5) is 25.7. The summed E-state index contributed by atoms with van der Waals surface area (Å²) in [6.07, 6.45) is 2.17. The molecule has 1 aliphatic rings. The van der Waals surface area contributed by atoms with Crippen LogP contribution in [0.3, 0.4) is 0 Å². The highest BCUT2D eigenvalue weighted by molar-refractivity contribution is 5.33. The van der Waals surface area contributed by atoms with E-state index in [0.29, 0.717) is 0 Å². The number of nitrogens with zero attached hydrogens (tertiary/aromatic N) is 4. The lowest BCUT2D eigenvalue weighted by Gasteiger charge is -2.34. The summed E-state index contributed by atoms with van der Waals surface area (Å²) in [5.41, 5.74) is 2.37. The van der Waals surface area contributed by atoms with Crippen molar-refractivity contribution < 1.29 is 9.85 Å². The van der Waals surface area contributed by atoms with Gasteiger partial charge in [0.2, 0.25) is 0 Å². The summed E-state index contributed by atoms with van der Waals surface area (Å²) in [7, 11) is 0. The van der Waals surface area contributed by atoms with E-state index in [9.17, 15) is 20.2 Å². The fourth-order valence-corrected chi connectivity index (χ4v) is 4.03. The van der Waals surface area contributed by atoms with Crippen molar-refractivity contribution in [1.82, 2.24) is 20.4 Å². The SMILES string of the molecule is O=[N+]([O-])c1ccc(CNCCCN2CCN(CCCNCc3ccc([N+](=O)[O-])cc3)CC2)cc1. The zero-order valence-corrected chi connectivity index (χ0v) is 19.5. The predicted molar refractivity (Wildman–Crippen MR) is 132 cm³/mol. The first-order valence-electron chi connectivity index (χ1n) is 11.8. The van der Waals surface area contributed by atoms with Gasteiger partial charge in [-0.15, -0.1) is 0 Å². The van der Waals surface area contributed by atoms with Crippen LogP contribution in [0.4, 0.5) is 11.4 Å². The molecule has 2 N–H and O–H groups in total. The van der Waals surface area contributed by atoms with E-state index >= 15 is 0 Å². The van der Waals surface area contributed by atoms with Crippen LogP contribution < -0.4 is 10.6 Å². The minimum atomic E-state index is -0.377. The summed E-state index contributed by atoms with van der Waals surface area (Å²) >= 11 is 0. The smallest absolute Gasteiger partial charge is 0.269 e. The molecular weight excluding hydrogens is 436 g/mol. The van der Waals surface area contributed by atoms with Crippen LogP contribution >= 0.6 is 0 Å². The van der Waals surface area contributed by atoms with Crippen molar-refractivity contribution >= 4 is 11.4 Å². The molecule has 1 aliphatic heterocycles. The quantitative estimate of drug-likeness (QED) is 0.246. The highest BCUT2D eigenvalue weighted by Crippen LogP contribution is 2.12. The fraction of sp³-hybridized carbons (Fsp3) is 0.500. The van der Waals surface area contributed by atoms with E-state index in [2.05, 4.69) is 20.4 Å². The van der Waals surface area contributed by atoms with Gasteiger partial charge >= 0.3 is 0 Å². The average molecular weight is 471 g/mol. The number of piperazine rings is 1. The lowest BCUT2D eigenvalue weighted by Crippen LogP contribution is -2.47. The van der Waals surface area contributed by atoms with Gasteiger partial charge in [0, 0.05) is 63.5 Å². The Morgan fingerprint density at radius 2 is 1.00 bits per heavy atom. The van der Waals surface area contributed by atoms with Crippen molar-refractivity contribution in [3.05, 3.63) is 79.9 Å². The van der Waals surface area contributed by atoms with E-state index in [0.717, 1.165) is 89.4 Å². The van der Waals surface area contributed by atoms with E-state index in [-0.39, 0.29) is 21.2 Å². The molecule has 184 valence electrons. The van der Waals surface area contributed by atoms with E-state index in [1.807, 2.05) is 0 Å². The van der Waals surface area contributed by atoms with Gasteiger partial charge in [0.25, 0.3) is 11.4 Å². The van der Waals surface area contributed by atoms with Crippen molar-refractivity contribution in [1.29, 1.82) is 0 Å². The van der Waals surface area contributed by atoms with Gasteiger partial charge in [-0.25, -0.2) is 0 Å². The number of nitro groups is 2. The van der Waals surface area contributed by atoms with Crippen molar-refractivity contribution in [2.45, 2.75) is 25.9 Å². The molecule has 34 heavy (non-hydrogen) atoms. The first-order chi connectivity index (χ1) is 16.5. The molecule has 0 unspecified atom stereocenters. The second-order valence-corrected chi connectivity index (χ2v) is 8.59. The van der Waals surface area contributed by atoms with Gasteiger partial charge in [0.1, 0.15) is 0 Å². The van der Waals surface area contributed by atoms with Crippen LogP contribution in [0, 0.1) is 20.2 Å². The van der Waals surface area contributed by atoms with Gasteiger partial charge in [-0.2, -0.15) is 0 Å². The molecule has 1 fully saturated rings. The Balaban J connectivity index is 1.18. The Morgan fingerprint density at radius 1 is 0.647 bits per heavy atom. The Hall–Kier alpha value is -2.92. The molecule has 0 amide bonds. The van der Waals surface area contributed by atoms with Crippen molar-refractivity contribution in [3.63, 3.8) is 0 Å². The Morgan fingerprint density at radius 3 is 1.32 bits per heavy atom. The molecular formula is C24H34N6O4. The number of rotatable bonds is 14. The monoisotopic (exact) mass is 470 g/mol. The molecule has 0 atom stereocenters. The van der Waals surface area contributed by atoms with Crippen molar-refractivity contribution in [2.24, 2.45) is 0 Å². The molecule has 0 aromatic heterocycles. The molecule has 10 heteroatoms. The third-order valence-corrected chi connectivity index (χ3v) is 6.07. The Bertz CT molecular complexity index is 823. The van der Waals surface area contributed by atoms with Gasteiger partial charge in [-0.05, 0) is 50.1 Å². The largest absolute Gasteiger partial charge is 0.313 e. The summed E-state index contributed by atoms with van der Waals surface area (Å²) < 4.78 is 0. The first-order valence-corrected chi connectivity index (χ1v) is 11.8. The Kier molecular flexibility index (Phi) is 10.4. The van der Waals surface area contributed by atoms with Crippen molar-refractivity contribution in [3.8, 4) is 0 Å². The third kappa shape index (κ3) is 8.79. The van der Waals surface area contributed by atoms with E-state index in [1.54, 1.807) is 48.5 Å². The third-order valence-electron chi connectivity index (χ3n) is 6.07.